The van der Waals surface area contributed by atoms with Crippen molar-refractivity contribution in [1.82, 2.24) is 14.5 Å². The Labute approximate surface area is 143 Å². The summed E-state index contributed by atoms with van der Waals surface area (Å²) in [6.45, 7) is 0. The molecule has 122 valence electrons. The highest BCUT2D eigenvalue weighted by Crippen LogP contribution is 2.31. The second-order valence-electron chi connectivity index (χ2n) is 5.57. The van der Waals surface area contributed by atoms with E-state index in [1.165, 1.54) is 12.1 Å². The molecule has 4 aromatic rings. The van der Waals surface area contributed by atoms with Gasteiger partial charge in [-0.15, -0.1) is 0 Å². The van der Waals surface area contributed by atoms with Crippen molar-refractivity contribution < 1.29 is 4.39 Å². The molecule has 0 bridgehead atoms. The molecule has 0 spiro atoms. The molecule has 0 aliphatic heterocycles. The highest BCUT2D eigenvalue weighted by molar-refractivity contribution is 5.79. The number of nitrogens with one attached hydrogen (secondary N) is 1. The minimum absolute atomic E-state index is 0.252. The van der Waals surface area contributed by atoms with Crippen molar-refractivity contribution in [3.05, 3.63) is 95.4 Å². The summed E-state index contributed by atoms with van der Waals surface area (Å²) in [6, 6.07) is 19.1. The number of hydrogen-bond acceptors (Lipinski definition) is 2. The van der Waals surface area contributed by atoms with E-state index in [9.17, 15) is 9.18 Å². The molecule has 2 aromatic heterocycles. The Hall–Kier alpha value is -3.47. The average molecular weight is 331 g/mol. The summed E-state index contributed by atoms with van der Waals surface area (Å²) in [5.41, 5.74) is 3.43. The Morgan fingerprint density at radius 3 is 2.20 bits per heavy atom. The third-order valence-electron chi connectivity index (χ3n) is 4.00. The Bertz CT molecular complexity index is 1050. The monoisotopic (exact) mass is 331 g/mol. The van der Waals surface area contributed by atoms with Gasteiger partial charge in [-0.05, 0) is 48.5 Å². The first-order chi connectivity index (χ1) is 12.2. The Kier molecular flexibility index (Phi) is 3.74. The van der Waals surface area contributed by atoms with Crippen LogP contribution in [0.3, 0.4) is 0 Å². The van der Waals surface area contributed by atoms with Gasteiger partial charge in [0, 0.05) is 23.5 Å². The number of para-hydroxylation sites is 1. The second-order valence-corrected chi connectivity index (χ2v) is 5.57. The lowest BCUT2D eigenvalue weighted by molar-refractivity contribution is 0.628. The Balaban J connectivity index is 2.03. The lowest BCUT2D eigenvalue weighted by atomic mass is 10.1. The van der Waals surface area contributed by atoms with E-state index in [2.05, 4.69) is 9.97 Å². The van der Waals surface area contributed by atoms with Crippen molar-refractivity contribution in [3.8, 4) is 28.2 Å². The van der Waals surface area contributed by atoms with Gasteiger partial charge >= 0.3 is 5.69 Å². The zero-order valence-electron chi connectivity index (χ0n) is 13.2. The molecule has 4 nitrogen and oxygen atoms in total. The lowest BCUT2D eigenvalue weighted by Gasteiger charge is -2.10. The van der Waals surface area contributed by atoms with Crippen LogP contribution in [0.1, 0.15) is 0 Å². The van der Waals surface area contributed by atoms with Crippen LogP contribution < -0.4 is 5.69 Å². The third kappa shape index (κ3) is 2.76. The molecule has 0 saturated heterocycles. The van der Waals surface area contributed by atoms with Crippen LogP contribution in [0.5, 0.6) is 0 Å². The van der Waals surface area contributed by atoms with Gasteiger partial charge in [0.25, 0.3) is 0 Å². The van der Waals surface area contributed by atoms with Crippen LogP contribution in [0, 0.1) is 5.82 Å². The predicted octanol–water partition coefficient (Wildman–Crippen LogP) is 4.03. The van der Waals surface area contributed by atoms with Gasteiger partial charge in [-0.25, -0.2) is 9.18 Å². The standard InChI is InChI=1S/C20H14FN3O/c21-16-8-6-14(7-9-16)18-19(15-10-12-22-13-11-15)24(20(25)23-18)17-4-2-1-3-5-17/h1-13H,(H,23,25). The summed E-state index contributed by atoms with van der Waals surface area (Å²) in [5.74, 6) is -0.320. The van der Waals surface area contributed by atoms with E-state index < -0.39 is 0 Å². The quantitative estimate of drug-likeness (QED) is 0.616. The highest BCUT2D eigenvalue weighted by atomic mass is 19.1. The van der Waals surface area contributed by atoms with Gasteiger partial charge < -0.3 is 4.98 Å². The summed E-state index contributed by atoms with van der Waals surface area (Å²) in [7, 11) is 0. The summed E-state index contributed by atoms with van der Waals surface area (Å²) < 4.78 is 14.9. The van der Waals surface area contributed by atoms with Crippen molar-refractivity contribution in [1.29, 1.82) is 0 Å². The molecule has 0 radical (unpaired) electrons. The maximum atomic E-state index is 13.3. The van der Waals surface area contributed by atoms with Gasteiger partial charge in [-0.3, -0.25) is 9.55 Å². The van der Waals surface area contributed by atoms with E-state index in [0.717, 1.165) is 16.8 Å². The van der Waals surface area contributed by atoms with Crippen LogP contribution in [-0.2, 0) is 0 Å². The number of aromatic nitrogens is 3. The fraction of sp³-hybridized carbons (Fsp3) is 0. The lowest BCUT2D eigenvalue weighted by Crippen LogP contribution is -2.15. The predicted molar refractivity (Wildman–Crippen MR) is 95.0 cm³/mol. The fourth-order valence-corrected chi connectivity index (χ4v) is 2.87. The van der Waals surface area contributed by atoms with Gasteiger partial charge in [-0.2, -0.15) is 0 Å². The molecular formula is C20H14FN3O. The van der Waals surface area contributed by atoms with Crippen LogP contribution in [0.2, 0.25) is 0 Å². The van der Waals surface area contributed by atoms with E-state index in [1.54, 1.807) is 29.1 Å². The zero-order valence-corrected chi connectivity index (χ0v) is 13.2. The van der Waals surface area contributed by atoms with Crippen LogP contribution in [0.25, 0.3) is 28.2 Å². The highest BCUT2D eigenvalue weighted by Gasteiger charge is 2.18. The number of aromatic amines is 1. The number of rotatable bonds is 3. The molecule has 4 rings (SSSR count). The number of benzene rings is 2. The fourth-order valence-electron chi connectivity index (χ4n) is 2.87. The van der Waals surface area contributed by atoms with Crippen LogP contribution in [-0.4, -0.2) is 14.5 Å². The van der Waals surface area contributed by atoms with E-state index in [1.807, 2.05) is 42.5 Å². The van der Waals surface area contributed by atoms with Gasteiger partial charge in [-0.1, -0.05) is 18.2 Å². The molecule has 2 heterocycles. The first-order valence-corrected chi connectivity index (χ1v) is 7.81. The molecule has 0 atom stereocenters. The first-order valence-electron chi connectivity index (χ1n) is 7.81. The summed E-state index contributed by atoms with van der Waals surface area (Å²) >= 11 is 0. The van der Waals surface area contributed by atoms with E-state index in [-0.39, 0.29) is 11.5 Å². The molecule has 1 N–H and O–H groups in total. The Morgan fingerprint density at radius 2 is 1.52 bits per heavy atom. The summed E-state index contributed by atoms with van der Waals surface area (Å²) in [6.07, 6.45) is 3.35. The Morgan fingerprint density at radius 1 is 0.840 bits per heavy atom. The smallest absolute Gasteiger partial charge is 0.305 e. The van der Waals surface area contributed by atoms with Gasteiger partial charge in [0.05, 0.1) is 17.1 Å². The van der Waals surface area contributed by atoms with Crippen LogP contribution in [0.15, 0.2) is 83.9 Å². The van der Waals surface area contributed by atoms with Crippen LogP contribution in [0.4, 0.5) is 4.39 Å². The first kappa shape index (κ1) is 15.1. The van der Waals surface area contributed by atoms with Gasteiger partial charge in [0.1, 0.15) is 5.82 Å². The van der Waals surface area contributed by atoms with Crippen LogP contribution >= 0.6 is 0 Å². The maximum Gasteiger partial charge on any atom is 0.331 e. The number of nitrogens with zero attached hydrogens (tertiary/aromatic N) is 2. The SMILES string of the molecule is O=c1[nH]c(-c2ccc(F)cc2)c(-c2ccncc2)n1-c1ccccc1. The second kappa shape index (κ2) is 6.20. The molecule has 0 amide bonds. The van der Waals surface area contributed by atoms with Crippen molar-refractivity contribution in [2.24, 2.45) is 0 Å². The number of H-pyrrole nitrogens is 1. The topological polar surface area (TPSA) is 50.7 Å². The molecule has 0 unspecified atom stereocenters. The third-order valence-corrected chi connectivity index (χ3v) is 4.00. The van der Waals surface area contributed by atoms with Crippen molar-refractivity contribution >= 4 is 0 Å². The molecule has 0 saturated carbocycles. The van der Waals surface area contributed by atoms with E-state index >= 15 is 0 Å². The largest absolute Gasteiger partial charge is 0.331 e. The molecular weight excluding hydrogens is 317 g/mol. The van der Waals surface area contributed by atoms with Crippen molar-refractivity contribution in [2.45, 2.75) is 0 Å². The minimum Gasteiger partial charge on any atom is -0.305 e. The average Bonchev–Trinajstić information content (AvgIpc) is 3.01. The van der Waals surface area contributed by atoms with Crippen molar-refractivity contribution in [2.75, 3.05) is 0 Å². The number of pyridine rings is 1. The summed E-state index contributed by atoms with van der Waals surface area (Å²) in [4.78, 5) is 19.7. The minimum atomic E-state index is -0.320. The molecule has 0 aliphatic rings. The van der Waals surface area contributed by atoms with Gasteiger partial charge in [0.2, 0.25) is 0 Å². The number of hydrogen-bond donors (Lipinski definition) is 1. The van der Waals surface area contributed by atoms with Gasteiger partial charge in [0.15, 0.2) is 0 Å². The van der Waals surface area contributed by atoms with E-state index in [4.69, 9.17) is 0 Å². The molecule has 5 heteroatoms. The van der Waals surface area contributed by atoms with E-state index in [0.29, 0.717) is 11.4 Å². The molecule has 0 aliphatic carbocycles. The number of halogens is 1. The zero-order chi connectivity index (χ0) is 17.2. The maximum absolute atomic E-state index is 13.3. The normalized spacial score (nSPS) is 10.8. The molecule has 25 heavy (non-hydrogen) atoms. The molecule has 2 aromatic carbocycles. The van der Waals surface area contributed by atoms with Crippen molar-refractivity contribution in [3.63, 3.8) is 0 Å². The molecule has 0 fully saturated rings. The number of imidazole rings is 1. The summed E-state index contributed by atoms with van der Waals surface area (Å²) in [5, 5.41) is 0.